The zero-order chi connectivity index (χ0) is 28.9. The van der Waals surface area contributed by atoms with Crippen LogP contribution in [0.3, 0.4) is 0 Å². The van der Waals surface area contributed by atoms with E-state index in [2.05, 4.69) is 17.9 Å². The number of aliphatic carboxylic acids is 1. The number of aromatic nitrogens is 1. The number of piperidine rings is 1. The number of pyridine rings is 1. The number of fused-ring (bicyclic) bond motifs is 1. The predicted octanol–water partition coefficient (Wildman–Crippen LogP) is 3.15. The first-order valence-corrected chi connectivity index (χ1v) is 15.1. The van der Waals surface area contributed by atoms with E-state index in [9.17, 15) is 19.5 Å². The van der Waals surface area contributed by atoms with Crippen LogP contribution in [-0.2, 0) is 27.9 Å². The Hall–Kier alpha value is -3.46. The first-order chi connectivity index (χ1) is 19.9. The lowest BCUT2D eigenvalue weighted by Gasteiger charge is -2.32. The van der Waals surface area contributed by atoms with Gasteiger partial charge < -0.3 is 19.6 Å². The summed E-state index contributed by atoms with van der Waals surface area (Å²) in [5, 5.41) is 10.6. The van der Waals surface area contributed by atoms with Crippen LogP contribution in [0.2, 0.25) is 0 Å². The topological polar surface area (TPSA) is 94.3 Å². The van der Waals surface area contributed by atoms with Gasteiger partial charge in [-0.3, -0.25) is 19.3 Å². The minimum atomic E-state index is -0.852. The molecule has 4 heterocycles. The first kappa shape index (κ1) is 29.0. The van der Waals surface area contributed by atoms with E-state index in [1.165, 1.54) is 0 Å². The van der Waals surface area contributed by atoms with Crippen LogP contribution in [0, 0.1) is 5.92 Å². The number of nitrogens with zero attached hydrogens (tertiary/aromatic N) is 4. The summed E-state index contributed by atoms with van der Waals surface area (Å²) < 4.78 is 7.63. The number of aryl methyl sites for hydroxylation is 1. The second kappa shape index (κ2) is 13.0. The van der Waals surface area contributed by atoms with Gasteiger partial charge in [0.2, 0.25) is 11.8 Å². The summed E-state index contributed by atoms with van der Waals surface area (Å²) in [6, 6.07) is 9.56. The number of rotatable bonds is 11. The van der Waals surface area contributed by atoms with Crippen molar-refractivity contribution in [1.82, 2.24) is 9.80 Å². The fraction of sp³-hybridized carbons (Fsp3) is 0.562. The van der Waals surface area contributed by atoms with E-state index in [1.807, 2.05) is 58.1 Å². The molecule has 2 aromatic rings. The Morgan fingerprint density at radius 3 is 2.80 bits per heavy atom. The number of hydrogen-bond acceptors (Lipinski definition) is 5. The number of carbonyl (C=O) groups is 3. The van der Waals surface area contributed by atoms with Gasteiger partial charge in [0.15, 0.2) is 12.4 Å². The number of unbranched alkanes of at least 4 members (excludes halogenated alkanes) is 1. The van der Waals surface area contributed by atoms with Crippen LogP contribution in [0.25, 0.3) is 0 Å². The van der Waals surface area contributed by atoms with E-state index < -0.39 is 11.9 Å². The number of likely N-dealkylation sites (tertiary alicyclic amines) is 2. The monoisotopic (exact) mass is 563 g/mol. The number of carbonyl (C=O) groups excluding carboxylic acids is 2. The highest BCUT2D eigenvalue weighted by Crippen LogP contribution is 2.41. The van der Waals surface area contributed by atoms with Crippen molar-refractivity contribution >= 4 is 23.5 Å². The second-order valence-electron chi connectivity index (χ2n) is 11.7. The van der Waals surface area contributed by atoms with Gasteiger partial charge in [-0.25, -0.2) is 4.57 Å². The van der Waals surface area contributed by atoms with Crippen LogP contribution in [0.5, 0.6) is 5.75 Å². The molecule has 1 aromatic carbocycles. The van der Waals surface area contributed by atoms with Crippen LogP contribution in [0.15, 0.2) is 42.7 Å². The summed E-state index contributed by atoms with van der Waals surface area (Å²) in [6.07, 6.45) is 9.50. The van der Waals surface area contributed by atoms with Gasteiger partial charge in [-0.15, -0.1) is 0 Å². The van der Waals surface area contributed by atoms with E-state index >= 15 is 0 Å². The molecule has 0 radical (unpaired) electrons. The molecule has 1 unspecified atom stereocenters. The highest BCUT2D eigenvalue weighted by Gasteiger charge is 2.47. The Labute approximate surface area is 242 Å². The van der Waals surface area contributed by atoms with Crippen LogP contribution in [0.1, 0.15) is 62.5 Å². The lowest BCUT2D eigenvalue weighted by Crippen LogP contribution is -2.46. The number of amides is 2. The van der Waals surface area contributed by atoms with Crippen molar-refractivity contribution in [2.24, 2.45) is 13.0 Å². The summed E-state index contributed by atoms with van der Waals surface area (Å²) >= 11 is 0. The molecular weight excluding hydrogens is 520 g/mol. The largest absolute Gasteiger partial charge is 0.493 e. The van der Waals surface area contributed by atoms with Crippen LogP contribution >= 0.6 is 0 Å². The molecule has 1 N–H and O–H groups in total. The fourth-order valence-electron chi connectivity index (χ4n) is 6.72. The SMILES string of the molecule is CCCCN(C(=O)CN1C[C@H](c2ccc3c(c2)CCO3)C(C(=O)O)[C@@H]1CCN1CCCCC1=O)c1ccc[n+](C)c1. The number of hydrogen-bond donors (Lipinski definition) is 1. The Kier molecular flexibility index (Phi) is 9.22. The molecular formula is C32H43N4O5+. The average Bonchev–Trinajstić information content (AvgIpc) is 3.57. The summed E-state index contributed by atoms with van der Waals surface area (Å²) in [4.78, 5) is 45.2. The van der Waals surface area contributed by atoms with Crippen LogP contribution < -0.4 is 14.2 Å². The zero-order valence-electron chi connectivity index (χ0n) is 24.3. The highest BCUT2D eigenvalue weighted by atomic mass is 16.5. The maximum atomic E-state index is 13.9. The lowest BCUT2D eigenvalue weighted by atomic mass is 9.83. The molecule has 3 aliphatic heterocycles. The van der Waals surface area contributed by atoms with Crippen LogP contribution in [0.4, 0.5) is 5.69 Å². The third kappa shape index (κ3) is 6.56. The van der Waals surface area contributed by atoms with Gasteiger partial charge in [0.1, 0.15) is 18.5 Å². The van der Waals surface area contributed by atoms with E-state index in [4.69, 9.17) is 4.74 Å². The molecule has 0 spiro atoms. The number of carboxylic acid groups (broad SMARTS) is 1. The van der Waals surface area contributed by atoms with E-state index in [1.54, 1.807) is 0 Å². The molecule has 2 amide bonds. The molecule has 41 heavy (non-hydrogen) atoms. The maximum absolute atomic E-state index is 13.9. The van der Waals surface area contributed by atoms with E-state index in [-0.39, 0.29) is 30.3 Å². The summed E-state index contributed by atoms with van der Waals surface area (Å²) in [5.41, 5.74) is 2.93. The zero-order valence-corrected chi connectivity index (χ0v) is 24.3. The number of carboxylic acids is 1. The molecule has 2 saturated heterocycles. The molecule has 3 aliphatic rings. The van der Waals surface area contributed by atoms with Gasteiger partial charge in [0.05, 0.1) is 19.1 Å². The van der Waals surface area contributed by atoms with Gasteiger partial charge in [0.25, 0.3) is 0 Å². The standard InChI is InChI=1S/C32H42N4O5/c1-3-4-16-36(25-8-7-14-33(2)20-25)30(38)22-35-21-26(23-10-11-28-24(19-23)13-18-41-28)31(32(39)40)27(35)12-17-34-15-6-5-9-29(34)37/h7-8,10-11,14,19-20,26-27,31H,3-6,9,12-13,15-18,21-22H2,1-2H3/p+1/t26-,27+,31?/m1/s1. The van der Waals surface area contributed by atoms with Crippen molar-refractivity contribution < 1.29 is 28.8 Å². The minimum absolute atomic E-state index is 0.0316. The van der Waals surface area contributed by atoms with Crippen molar-refractivity contribution in [1.29, 1.82) is 0 Å². The fourth-order valence-corrected chi connectivity index (χ4v) is 6.72. The van der Waals surface area contributed by atoms with Crippen molar-refractivity contribution in [3.8, 4) is 5.75 Å². The molecule has 0 aliphatic carbocycles. The van der Waals surface area contributed by atoms with Gasteiger partial charge in [-0.2, -0.15) is 0 Å². The van der Waals surface area contributed by atoms with Crippen molar-refractivity contribution in [3.05, 3.63) is 53.9 Å². The van der Waals surface area contributed by atoms with Gasteiger partial charge >= 0.3 is 5.97 Å². The van der Waals surface area contributed by atoms with Crippen molar-refractivity contribution in [2.45, 2.75) is 63.8 Å². The van der Waals surface area contributed by atoms with Crippen molar-refractivity contribution in [2.75, 3.05) is 44.2 Å². The Bertz CT molecular complexity index is 1270. The third-order valence-corrected chi connectivity index (χ3v) is 8.90. The second-order valence-corrected chi connectivity index (χ2v) is 11.7. The molecule has 9 nitrogen and oxygen atoms in total. The number of benzene rings is 1. The summed E-state index contributed by atoms with van der Waals surface area (Å²) in [5.74, 6) is -0.811. The lowest BCUT2D eigenvalue weighted by molar-refractivity contribution is -0.670. The Balaban J connectivity index is 1.42. The molecule has 0 saturated carbocycles. The molecule has 0 bridgehead atoms. The van der Waals surface area contributed by atoms with Gasteiger partial charge in [0, 0.05) is 57.0 Å². The Morgan fingerprint density at radius 1 is 1.20 bits per heavy atom. The van der Waals surface area contributed by atoms with E-state index in [0.717, 1.165) is 54.7 Å². The highest BCUT2D eigenvalue weighted by molar-refractivity contribution is 5.94. The van der Waals surface area contributed by atoms with Gasteiger partial charge in [-0.05, 0) is 48.9 Å². The normalized spacial score (nSPS) is 22.4. The Morgan fingerprint density at radius 2 is 2.05 bits per heavy atom. The van der Waals surface area contributed by atoms with Crippen LogP contribution in [-0.4, -0.2) is 78.1 Å². The smallest absolute Gasteiger partial charge is 0.308 e. The first-order valence-electron chi connectivity index (χ1n) is 15.1. The predicted molar refractivity (Wildman–Crippen MR) is 155 cm³/mol. The molecule has 9 heteroatoms. The maximum Gasteiger partial charge on any atom is 0.308 e. The summed E-state index contributed by atoms with van der Waals surface area (Å²) in [6.45, 7) is 5.19. The summed E-state index contributed by atoms with van der Waals surface area (Å²) in [7, 11) is 1.94. The average molecular weight is 564 g/mol. The molecule has 2 fully saturated rings. The van der Waals surface area contributed by atoms with E-state index in [0.29, 0.717) is 45.6 Å². The molecule has 3 atom stereocenters. The molecule has 220 valence electrons. The molecule has 5 rings (SSSR count). The van der Waals surface area contributed by atoms with Crippen molar-refractivity contribution in [3.63, 3.8) is 0 Å². The van der Waals surface area contributed by atoms with Gasteiger partial charge in [-0.1, -0.05) is 25.5 Å². The number of anilines is 1. The third-order valence-electron chi connectivity index (χ3n) is 8.90. The minimum Gasteiger partial charge on any atom is -0.493 e. The number of ether oxygens (including phenoxy) is 1. The molecule has 1 aromatic heterocycles. The quantitative estimate of drug-likeness (QED) is 0.422.